The van der Waals surface area contributed by atoms with E-state index in [-0.39, 0.29) is 28.5 Å². The van der Waals surface area contributed by atoms with Gasteiger partial charge in [0.05, 0.1) is 0 Å². The Balaban J connectivity index is -0.000000149. The summed E-state index contributed by atoms with van der Waals surface area (Å²) in [7, 11) is 4.32. The molecule has 15 heavy (non-hydrogen) atoms. The van der Waals surface area contributed by atoms with Crippen LogP contribution in [-0.4, -0.2) is 50.1 Å². The largest absolute Gasteiger partial charge is 0.358 e. The van der Waals surface area contributed by atoms with E-state index in [4.69, 9.17) is 0 Å². The number of halogens is 2. The summed E-state index contributed by atoms with van der Waals surface area (Å²) in [4.78, 5) is 4.67. The van der Waals surface area contributed by atoms with Gasteiger partial charge in [0.1, 0.15) is 0 Å². The predicted octanol–water partition coefficient (Wildman–Crippen LogP) is 3.25. The molecular formula is C10H23I2N2W-. The van der Waals surface area contributed by atoms with Crippen LogP contribution >= 0.6 is 37.2 Å². The molecule has 0 aromatic rings. The summed E-state index contributed by atoms with van der Waals surface area (Å²) in [6.07, 6.45) is 4.24. The number of hydrogen-bond acceptors (Lipinski definition) is 2. The second-order valence-corrected chi connectivity index (χ2v) is 3.67. The van der Waals surface area contributed by atoms with E-state index >= 15 is 0 Å². The van der Waals surface area contributed by atoms with Gasteiger partial charge in [-0.2, -0.15) is 0 Å². The molecule has 2 rings (SSSR count). The summed E-state index contributed by atoms with van der Waals surface area (Å²) in [5.41, 5.74) is 0. The Labute approximate surface area is 133 Å². The first-order chi connectivity index (χ1) is 6.29. The maximum Gasteiger partial charge on any atom is 0 e. The van der Waals surface area contributed by atoms with Crippen molar-refractivity contribution in [2.45, 2.75) is 19.3 Å². The van der Waals surface area contributed by atoms with Crippen LogP contribution in [0.1, 0.15) is 19.3 Å². The third kappa shape index (κ3) is 14.0. The van der Waals surface area contributed by atoms with Crippen molar-refractivity contribution in [3.63, 3.8) is 0 Å². The zero-order chi connectivity index (χ0) is 10.1. The van der Waals surface area contributed by atoms with Gasteiger partial charge in [0.25, 0.3) is 0 Å². The van der Waals surface area contributed by atoms with Crippen LogP contribution in [0.3, 0.4) is 0 Å². The van der Waals surface area contributed by atoms with Crippen LogP contribution in [0, 0.1) is 7.43 Å². The van der Waals surface area contributed by atoms with Crippen molar-refractivity contribution < 1.29 is 21.1 Å². The molecule has 2 heterocycles. The van der Waals surface area contributed by atoms with Gasteiger partial charge in [0, 0.05) is 58.3 Å². The van der Waals surface area contributed by atoms with Gasteiger partial charge in [0.15, 0.2) is 0 Å². The van der Waals surface area contributed by atoms with E-state index in [0.717, 1.165) is 0 Å². The van der Waals surface area contributed by atoms with Crippen molar-refractivity contribution in [3.8, 4) is 0 Å². The Hall–Kier alpha value is 2.07. The van der Waals surface area contributed by atoms with E-state index in [9.17, 15) is 0 Å². The minimum Gasteiger partial charge on any atom is -0.358 e. The summed E-state index contributed by atoms with van der Waals surface area (Å²) < 4.78 is 0. The molecule has 94 valence electrons. The second kappa shape index (κ2) is 16.1. The van der Waals surface area contributed by atoms with E-state index in [0.29, 0.717) is 0 Å². The van der Waals surface area contributed by atoms with Gasteiger partial charge >= 0.3 is 0 Å². The molecule has 0 N–H and O–H groups in total. The molecule has 0 radical (unpaired) electrons. The SMILES string of the molecule is CN1CCC1.CN1CCCC1.II.[CH3-].[W]. The maximum atomic E-state index is 2.36. The summed E-state index contributed by atoms with van der Waals surface area (Å²) >= 11 is 4.24. The van der Waals surface area contributed by atoms with Crippen LogP contribution in [0.25, 0.3) is 0 Å². The molecule has 0 spiro atoms. The van der Waals surface area contributed by atoms with Gasteiger partial charge in [-0.25, -0.2) is 0 Å². The normalized spacial score (nSPS) is 19.2. The molecule has 2 aliphatic heterocycles. The van der Waals surface area contributed by atoms with Gasteiger partial charge in [-0.05, 0) is 59.5 Å². The van der Waals surface area contributed by atoms with Crippen LogP contribution in [-0.2, 0) is 21.1 Å². The van der Waals surface area contributed by atoms with Crippen molar-refractivity contribution in [2.75, 3.05) is 40.3 Å². The van der Waals surface area contributed by atoms with Crippen molar-refractivity contribution in [1.29, 1.82) is 0 Å². The molecule has 0 aromatic heterocycles. The van der Waals surface area contributed by atoms with Crippen LogP contribution < -0.4 is 0 Å². The zero-order valence-corrected chi connectivity index (χ0v) is 17.3. The first-order valence-electron chi connectivity index (χ1n) is 4.80. The topological polar surface area (TPSA) is 6.48 Å². The third-order valence-corrected chi connectivity index (χ3v) is 2.41. The summed E-state index contributed by atoms with van der Waals surface area (Å²) in [5, 5.41) is 0. The van der Waals surface area contributed by atoms with E-state index < -0.39 is 0 Å². The summed E-state index contributed by atoms with van der Waals surface area (Å²) in [5.74, 6) is 0. The molecule has 2 saturated heterocycles. The van der Waals surface area contributed by atoms with Crippen molar-refractivity contribution in [3.05, 3.63) is 7.43 Å². The van der Waals surface area contributed by atoms with Crippen LogP contribution in [0.2, 0.25) is 0 Å². The van der Waals surface area contributed by atoms with Crippen molar-refractivity contribution in [1.82, 2.24) is 9.80 Å². The fourth-order valence-corrected chi connectivity index (χ4v) is 1.35. The molecule has 2 aliphatic rings. The molecule has 2 fully saturated rings. The van der Waals surface area contributed by atoms with Gasteiger partial charge in [-0.3, -0.25) is 0 Å². The first kappa shape index (κ1) is 22.3. The number of likely N-dealkylation sites (tertiary alicyclic amines) is 2. The Morgan fingerprint density at radius 1 is 0.733 bits per heavy atom. The monoisotopic (exact) mass is 609 g/mol. The van der Waals surface area contributed by atoms with Crippen LogP contribution in [0.4, 0.5) is 0 Å². The molecule has 5 heteroatoms. The zero-order valence-electron chi connectivity index (χ0n) is 10.0. The Morgan fingerprint density at radius 3 is 1.07 bits per heavy atom. The second-order valence-electron chi connectivity index (χ2n) is 3.67. The predicted molar refractivity (Wildman–Crippen MR) is 83.3 cm³/mol. The van der Waals surface area contributed by atoms with Crippen LogP contribution in [0.5, 0.6) is 0 Å². The van der Waals surface area contributed by atoms with Crippen molar-refractivity contribution in [2.24, 2.45) is 0 Å². The molecule has 0 bridgehead atoms. The fourth-order valence-electron chi connectivity index (χ4n) is 1.35. The first-order valence-corrected chi connectivity index (χ1v) is 11.1. The van der Waals surface area contributed by atoms with Gasteiger partial charge in [-0.1, -0.05) is 0 Å². The van der Waals surface area contributed by atoms with E-state index in [1.54, 1.807) is 0 Å². The summed E-state index contributed by atoms with van der Waals surface area (Å²) in [6.45, 7) is 5.28. The molecule has 0 aliphatic carbocycles. The molecule has 2 nitrogen and oxygen atoms in total. The average molecular weight is 609 g/mol. The Kier molecular flexibility index (Phi) is 23.9. The minimum atomic E-state index is 0. The quantitative estimate of drug-likeness (QED) is 0.308. The Bertz CT molecular complexity index is 108. The molecule has 0 saturated carbocycles. The van der Waals surface area contributed by atoms with Gasteiger partial charge < -0.3 is 17.2 Å². The molecular weight excluding hydrogens is 586 g/mol. The van der Waals surface area contributed by atoms with E-state index in [1.807, 2.05) is 0 Å². The smallest absolute Gasteiger partial charge is 0 e. The van der Waals surface area contributed by atoms with Crippen LogP contribution in [0.15, 0.2) is 0 Å². The van der Waals surface area contributed by atoms with Gasteiger partial charge in [0.2, 0.25) is 0 Å². The standard InChI is InChI=1S/C5H11N.C4H9N.CH3.I2.W/c1-6-4-2-3-5-6;1-5-3-2-4-5;;1-2;/h2-5H2,1H3;2-4H2,1H3;1H3;;/q;;-1;;. The molecule has 0 amide bonds. The maximum absolute atomic E-state index is 2.36. The van der Waals surface area contributed by atoms with Crippen molar-refractivity contribution >= 4 is 37.2 Å². The summed E-state index contributed by atoms with van der Waals surface area (Å²) in [6, 6.07) is 0. The average Bonchev–Trinajstić information content (AvgIpc) is 2.57. The van der Waals surface area contributed by atoms with E-state index in [1.165, 1.54) is 45.4 Å². The van der Waals surface area contributed by atoms with E-state index in [2.05, 4.69) is 61.1 Å². The number of hydrogen-bond donors (Lipinski definition) is 0. The van der Waals surface area contributed by atoms with Gasteiger partial charge in [-0.15, -0.1) is 0 Å². The Morgan fingerprint density at radius 2 is 1.00 bits per heavy atom. The molecule has 0 aromatic carbocycles. The fraction of sp³-hybridized carbons (Fsp3) is 0.900. The number of nitrogens with zero attached hydrogens (tertiary/aromatic N) is 2. The number of rotatable bonds is 0. The minimum absolute atomic E-state index is 0. The molecule has 0 unspecified atom stereocenters. The third-order valence-electron chi connectivity index (χ3n) is 2.41. The molecule has 0 atom stereocenters.